The van der Waals surface area contributed by atoms with Crippen LogP contribution >= 0.6 is 0 Å². The van der Waals surface area contributed by atoms with Crippen molar-refractivity contribution in [2.45, 2.75) is 19.8 Å². The number of methoxy groups -OCH3 is 2. The minimum absolute atomic E-state index is 0.139. The van der Waals surface area contributed by atoms with E-state index in [2.05, 4.69) is 17.2 Å². The maximum Gasteiger partial charge on any atom is 0.272 e. The Labute approximate surface area is 164 Å². The number of piperidine rings is 1. The van der Waals surface area contributed by atoms with Crippen molar-refractivity contribution in [2.75, 3.05) is 32.6 Å². The summed E-state index contributed by atoms with van der Waals surface area (Å²) in [4.78, 5) is 31.5. The van der Waals surface area contributed by atoms with Crippen molar-refractivity contribution in [1.29, 1.82) is 0 Å². The third-order valence-electron chi connectivity index (χ3n) is 4.84. The summed E-state index contributed by atoms with van der Waals surface area (Å²) >= 11 is 0. The zero-order valence-electron chi connectivity index (χ0n) is 16.4. The van der Waals surface area contributed by atoms with Crippen LogP contribution in [-0.4, -0.2) is 49.0 Å². The van der Waals surface area contributed by atoms with E-state index in [1.807, 2.05) is 4.90 Å². The molecule has 1 aliphatic heterocycles. The van der Waals surface area contributed by atoms with E-state index in [1.54, 1.807) is 31.4 Å². The monoisotopic (exact) mass is 383 g/mol. The largest absolute Gasteiger partial charge is 0.497 e. The van der Waals surface area contributed by atoms with Crippen LogP contribution in [0.4, 0.5) is 5.69 Å². The average molecular weight is 383 g/mol. The van der Waals surface area contributed by atoms with Crippen LogP contribution in [0.5, 0.6) is 11.5 Å². The van der Waals surface area contributed by atoms with Crippen LogP contribution in [0.25, 0.3) is 0 Å². The molecule has 1 unspecified atom stereocenters. The molecule has 7 heteroatoms. The Morgan fingerprint density at radius 1 is 1.18 bits per heavy atom. The maximum absolute atomic E-state index is 12.8. The minimum atomic E-state index is -0.352. The van der Waals surface area contributed by atoms with Crippen LogP contribution in [0.3, 0.4) is 0 Å². The predicted octanol–water partition coefficient (Wildman–Crippen LogP) is 3.22. The molecule has 7 nitrogen and oxygen atoms in total. The van der Waals surface area contributed by atoms with E-state index >= 15 is 0 Å². The summed E-state index contributed by atoms with van der Waals surface area (Å²) in [7, 11) is 3.08. The Bertz CT molecular complexity index is 868. The van der Waals surface area contributed by atoms with Gasteiger partial charge in [0.15, 0.2) is 0 Å². The zero-order valence-corrected chi connectivity index (χ0v) is 16.4. The van der Waals surface area contributed by atoms with Crippen LogP contribution in [0.2, 0.25) is 0 Å². The molecule has 148 valence electrons. The molecule has 0 saturated carbocycles. The van der Waals surface area contributed by atoms with Crippen molar-refractivity contribution < 1.29 is 19.1 Å². The van der Waals surface area contributed by atoms with Crippen molar-refractivity contribution >= 4 is 17.5 Å². The standard InChI is InChI=1S/C21H25N3O4/c1-14-5-4-10-24(13-14)21(26)18-11-15(8-9-22-18)20(25)23-17-12-16(27-2)6-7-19(17)28-3/h6-9,11-12,14H,4-5,10,13H2,1-3H3,(H,23,25). The van der Waals surface area contributed by atoms with E-state index in [-0.39, 0.29) is 17.5 Å². The molecule has 1 aromatic heterocycles. The number of hydrogen-bond acceptors (Lipinski definition) is 5. The third kappa shape index (κ3) is 4.42. The molecule has 1 N–H and O–H groups in total. The molecule has 0 aliphatic carbocycles. The normalized spacial score (nSPS) is 16.4. The van der Waals surface area contributed by atoms with Gasteiger partial charge in [-0.3, -0.25) is 14.6 Å². The molecule has 1 aromatic carbocycles. The number of carbonyl (C=O) groups is 2. The number of carbonyl (C=O) groups excluding carboxylic acids is 2. The summed E-state index contributed by atoms with van der Waals surface area (Å²) in [6.07, 6.45) is 3.60. The first-order valence-electron chi connectivity index (χ1n) is 9.30. The van der Waals surface area contributed by atoms with Gasteiger partial charge in [0.25, 0.3) is 11.8 Å². The minimum Gasteiger partial charge on any atom is -0.497 e. The van der Waals surface area contributed by atoms with Gasteiger partial charge in [0.05, 0.1) is 19.9 Å². The van der Waals surface area contributed by atoms with Gasteiger partial charge in [-0.05, 0) is 43.0 Å². The van der Waals surface area contributed by atoms with Gasteiger partial charge in [0.1, 0.15) is 17.2 Å². The van der Waals surface area contributed by atoms with Crippen LogP contribution < -0.4 is 14.8 Å². The van der Waals surface area contributed by atoms with Crippen molar-refractivity contribution in [1.82, 2.24) is 9.88 Å². The number of nitrogens with zero attached hydrogens (tertiary/aromatic N) is 2. The van der Waals surface area contributed by atoms with Gasteiger partial charge in [0, 0.05) is 30.9 Å². The van der Waals surface area contributed by atoms with Crippen molar-refractivity contribution in [2.24, 2.45) is 5.92 Å². The lowest BCUT2D eigenvalue weighted by atomic mass is 10.00. The van der Waals surface area contributed by atoms with E-state index in [4.69, 9.17) is 9.47 Å². The van der Waals surface area contributed by atoms with Gasteiger partial charge in [-0.25, -0.2) is 0 Å². The average Bonchev–Trinajstić information content (AvgIpc) is 2.73. The second-order valence-corrected chi connectivity index (χ2v) is 6.95. The number of anilines is 1. The molecule has 0 radical (unpaired) electrons. The molecule has 2 amide bonds. The first-order chi connectivity index (χ1) is 13.5. The third-order valence-corrected chi connectivity index (χ3v) is 4.84. The van der Waals surface area contributed by atoms with E-state index in [0.29, 0.717) is 28.7 Å². The van der Waals surface area contributed by atoms with E-state index in [0.717, 1.165) is 25.9 Å². The number of nitrogens with one attached hydrogen (secondary N) is 1. The molecule has 2 heterocycles. The molecular formula is C21H25N3O4. The van der Waals surface area contributed by atoms with Crippen molar-refractivity contribution in [3.05, 3.63) is 47.8 Å². The smallest absolute Gasteiger partial charge is 0.272 e. The first-order valence-corrected chi connectivity index (χ1v) is 9.30. The zero-order chi connectivity index (χ0) is 20.1. The molecule has 2 aromatic rings. The van der Waals surface area contributed by atoms with Crippen LogP contribution in [-0.2, 0) is 0 Å². The second kappa shape index (κ2) is 8.73. The van der Waals surface area contributed by atoms with E-state index in [9.17, 15) is 9.59 Å². The fraction of sp³-hybridized carbons (Fsp3) is 0.381. The number of aromatic nitrogens is 1. The Morgan fingerprint density at radius 3 is 2.71 bits per heavy atom. The van der Waals surface area contributed by atoms with Gasteiger partial charge in [-0.2, -0.15) is 0 Å². The second-order valence-electron chi connectivity index (χ2n) is 6.95. The molecular weight excluding hydrogens is 358 g/mol. The van der Waals surface area contributed by atoms with E-state index < -0.39 is 0 Å². The van der Waals surface area contributed by atoms with Crippen molar-refractivity contribution in [3.63, 3.8) is 0 Å². The lowest BCUT2D eigenvalue weighted by molar-refractivity contribution is 0.0677. The van der Waals surface area contributed by atoms with Gasteiger partial charge < -0.3 is 19.7 Å². The highest BCUT2D eigenvalue weighted by Gasteiger charge is 2.23. The Kier molecular flexibility index (Phi) is 6.13. The molecule has 28 heavy (non-hydrogen) atoms. The fourth-order valence-corrected chi connectivity index (χ4v) is 3.33. The molecule has 0 bridgehead atoms. The highest BCUT2D eigenvalue weighted by Crippen LogP contribution is 2.29. The molecule has 1 atom stereocenters. The molecule has 3 rings (SSSR count). The van der Waals surface area contributed by atoms with Crippen LogP contribution in [0, 0.1) is 5.92 Å². The fourth-order valence-electron chi connectivity index (χ4n) is 3.33. The molecule has 1 aliphatic rings. The Hall–Kier alpha value is -3.09. The number of hydrogen-bond donors (Lipinski definition) is 1. The molecule has 0 spiro atoms. The Morgan fingerprint density at radius 2 is 2.00 bits per heavy atom. The summed E-state index contributed by atoms with van der Waals surface area (Å²) in [6.45, 7) is 3.58. The highest BCUT2D eigenvalue weighted by atomic mass is 16.5. The lowest BCUT2D eigenvalue weighted by Crippen LogP contribution is -2.39. The lowest BCUT2D eigenvalue weighted by Gasteiger charge is -2.30. The van der Waals surface area contributed by atoms with Crippen LogP contribution in [0.1, 0.15) is 40.6 Å². The first kappa shape index (κ1) is 19.7. The van der Waals surface area contributed by atoms with Crippen LogP contribution in [0.15, 0.2) is 36.5 Å². The number of likely N-dealkylation sites (tertiary alicyclic amines) is 1. The van der Waals surface area contributed by atoms with Gasteiger partial charge >= 0.3 is 0 Å². The summed E-state index contributed by atoms with van der Waals surface area (Å²) in [5.74, 6) is 1.10. The van der Waals surface area contributed by atoms with Crippen molar-refractivity contribution in [3.8, 4) is 11.5 Å². The molecule has 1 saturated heterocycles. The van der Waals surface area contributed by atoms with Gasteiger partial charge in [-0.1, -0.05) is 6.92 Å². The SMILES string of the molecule is COc1ccc(OC)c(NC(=O)c2ccnc(C(=O)N3CCCC(C)C3)c2)c1. The predicted molar refractivity (Wildman–Crippen MR) is 106 cm³/mol. The number of amides is 2. The number of rotatable bonds is 5. The number of benzene rings is 1. The summed E-state index contributed by atoms with van der Waals surface area (Å²) in [5, 5.41) is 2.81. The highest BCUT2D eigenvalue weighted by molar-refractivity contribution is 6.06. The quantitative estimate of drug-likeness (QED) is 0.857. The van der Waals surface area contributed by atoms with Gasteiger partial charge in [0.2, 0.25) is 0 Å². The van der Waals surface area contributed by atoms with E-state index in [1.165, 1.54) is 19.4 Å². The summed E-state index contributed by atoms with van der Waals surface area (Å²) in [5.41, 5.74) is 1.12. The molecule has 1 fully saturated rings. The Balaban J connectivity index is 1.78. The summed E-state index contributed by atoms with van der Waals surface area (Å²) in [6, 6.07) is 8.26. The maximum atomic E-state index is 12.8. The summed E-state index contributed by atoms with van der Waals surface area (Å²) < 4.78 is 10.5. The topological polar surface area (TPSA) is 80.8 Å². The number of ether oxygens (including phenoxy) is 2. The number of pyridine rings is 1. The van der Waals surface area contributed by atoms with Gasteiger partial charge in [-0.15, -0.1) is 0 Å².